The number of halogens is 1. The summed E-state index contributed by atoms with van der Waals surface area (Å²) >= 11 is 6.29. The number of carbonyl (C=O) groups excluding carboxylic acids is 3. The van der Waals surface area contributed by atoms with Gasteiger partial charge in [-0.1, -0.05) is 35.9 Å². The van der Waals surface area contributed by atoms with Gasteiger partial charge < -0.3 is 10.1 Å². The van der Waals surface area contributed by atoms with Crippen LogP contribution in [-0.2, 0) is 10.2 Å². The molecule has 0 bridgehead atoms. The number of rotatable bonds is 4. The van der Waals surface area contributed by atoms with Crippen molar-refractivity contribution >= 4 is 29.5 Å². The normalized spacial score (nSPS) is 22.8. The fourth-order valence-electron chi connectivity index (χ4n) is 4.89. The number of hydrogen-bond donors (Lipinski definition) is 1. The second-order valence-electron chi connectivity index (χ2n) is 9.90. The van der Waals surface area contributed by atoms with Crippen LogP contribution in [0.3, 0.4) is 0 Å². The third kappa shape index (κ3) is 4.76. The molecule has 2 aromatic carbocycles. The van der Waals surface area contributed by atoms with Gasteiger partial charge in [-0.25, -0.2) is 4.79 Å². The lowest BCUT2D eigenvalue weighted by Gasteiger charge is -2.42. The number of ether oxygens (including phenoxy) is 1. The van der Waals surface area contributed by atoms with E-state index in [4.69, 9.17) is 16.3 Å². The summed E-state index contributed by atoms with van der Waals surface area (Å²) in [6.45, 7) is 5.86. The summed E-state index contributed by atoms with van der Waals surface area (Å²) in [7, 11) is 0. The highest BCUT2D eigenvalue weighted by Gasteiger charge is 2.45. The van der Waals surface area contributed by atoms with E-state index in [-0.39, 0.29) is 23.3 Å². The van der Waals surface area contributed by atoms with Gasteiger partial charge in [-0.15, -0.1) is 0 Å². The molecular formula is C26H29ClN2O4. The van der Waals surface area contributed by atoms with Gasteiger partial charge in [-0.2, -0.15) is 0 Å². The molecule has 2 aromatic rings. The molecule has 1 aliphatic heterocycles. The van der Waals surface area contributed by atoms with Crippen molar-refractivity contribution in [1.82, 2.24) is 10.2 Å². The highest BCUT2D eigenvalue weighted by Crippen LogP contribution is 2.42. The van der Waals surface area contributed by atoms with E-state index in [9.17, 15) is 14.4 Å². The molecule has 0 radical (unpaired) electrons. The van der Waals surface area contributed by atoms with Gasteiger partial charge in [-0.3, -0.25) is 14.5 Å². The van der Waals surface area contributed by atoms with E-state index in [1.807, 2.05) is 45.0 Å². The van der Waals surface area contributed by atoms with E-state index >= 15 is 0 Å². The second kappa shape index (κ2) is 8.82. The summed E-state index contributed by atoms with van der Waals surface area (Å²) in [5.41, 5.74) is 1.03. The Morgan fingerprint density at radius 1 is 1.06 bits per heavy atom. The van der Waals surface area contributed by atoms with Crippen LogP contribution >= 0.6 is 11.6 Å². The van der Waals surface area contributed by atoms with Gasteiger partial charge in [0.15, 0.2) is 0 Å². The Bertz CT molecular complexity index is 1050. The molecule has 1 heterocycles. The molecule has 2 aliphatic rings. The van der Waals surface area contributed by atoms with Crippen molar-refractivity contribution in [2.24, 2.45) is 0 Å². The highest BCUT2D eigenvalue weighted by atomic mass is 35.5. The molecule has 0 saturated heterocycles. The van der Waals surface area contributed by atoms with E-state index in [1.165, 1.54) is 4.90 Å². The van der Waals surface area contributed by atoms with Crippen LogP contribution < -0.4 is 5.32 Å². The lowest BCUT2D eigenvalue weighted by atomic mass is 9.68. The Morgan fingerprint density at radius 2 is 1.67 bits per heavy atom. The fourth-order valence-corrected chi connectivity index (χ4v) is 5.08. The first-order valence-electron chi connectivity index (χ1n) is 11.3. The van der Waals surface area contributed by atoms with Crippen molar-refractivity contribution in [1.29, 1.82) is 0 Å². The van der Waals surface area contributed by atoms with Crippen LogP contribution in [0.25, 0.3) is 0 Å². The topological polar surface area (TPSA) is 75.7 Å². The molecule has 1 saturated carbocycles. The summed E-state index contributed by atoms with van der Waals surface area (Å²) < 4.78 is 5.43. The summed E-state index contributed by atoms with van der Waals surface area (Å²) in [6, 6.07) is 14.5. The van der Waals surface area contributed by atoms with Crippen LogP contribution in [0.1, 0.15) is 72.7 Å². The maximum absolute atomic E-state index is 12.9. The van der Waals surface area contributed by atoms with Crippen molar-refractivity contribution in [3.8, 4) is 0 Å². The average molecular weight is 469 g/mol. The predicted octanol–water partition coefficient (Wildman–Crippen LogP) is 5.34. The third-order valence-electron chi connectivity index (χ3n) is 6.51. The van der Waals surface area contributed by atoms with E-state index in [0.717, 1.165) is 5.56 Å². The first-order chi connectivity index (χ1) is 15.6. The zero-order valence-electron chi connectivity index (χ0n) is 19.2. The van der Waals surface area contributed by atoms with Gasteiger partial charge in [0, 0.05) is 23.0 Å². The highest BCUT2D eigenvalue weighted by molar-refractivity contribution is 6.30. The Labute approximate surface area is 199 Å². The zero-order valence-corrected chi connectivity index (χ0v) is 19.9. The third-order valence-corrected chi connectivity index (χ3v) is 6.74. The molecule has 7 heteroatoms. The number of amides is 3. The summed E-state index contributed by atoms with van der Waals surface area (Å²) in [5, 5.41) is 3.56. The molecule has 174 valence electrons. The largest absolute Gasteiger partial charge is 0.444 e. The number of carbonyl (C=O) groups is 3. The van der Waals surface area contributed by atoms with E-state index in [0.29, 0.717) is 48.4 Å². The maximum Gasteiger partial charge on any atom is 0.407 e. The zero-order chi connectivity index (χ0) is 23.8. The van der Waals surface area contributed by atoms with Crippen molar-refractivity contribution in [3.05, 3.63) is 70.2 Å². The minimum absolute atomic E-state index is 0.175. The Morgan fingerprint density at radius 3 is 2.21 bits per heavy atom. The van der Waals surface area contributed by atoms with Crippen molar-refractivity contribution in [3.63, 3.8) is 0 Å². The number of hydrogen-bond acceptors (Lipinski definition) is 4. The maximum atomic E-state index is 12.9. The number of nitrogens with zero attached hydrogens (tertiary/aromatic N) is 1. The minimum atomic E-state index is -0.587. The van der Waals surface area contributed by atoms with Crippen LogP contribution in [0.4, 0.5) is 4.79 Å². The molecule has 0 atom stereocenters. The van der Waals surface area contributed by atoms with E-state index in [2.05, 4.69) is 5.32 Å². The van der Waals surface area contributed by atoms with Crippen LogP contribution in [0.2, 0.25) is 5.02 Å². The SMILES string of the molecule is CC(C)(C)OC(=O)NCC1(c2cccc(Cl)c2)CCC(N2C(=O)c3ccccc3C2=O)CC1. The van der Waals surface area contributed by atoms with Crippen LogP contribution in [0.5, 0.6) is 0 Å². The van der Waals surface area contributed by atoms with Gasteiger partial charge in [0.05, 0.1) is 11.1 Å². The first-order valence-corrected chi connectivity index (χ1v) is 11.7. The standard InChI is InChI=1S/C26H29ClN2O4/c1-25(2,3)33-24(32)28-16-26(17-7-6-8-18(27)15-17)13-11-19(12-14-26)29-22(30)20-9-4-5-10-21(20)23(29)31/h4-10,15,19H,11-14,16H2,1-3H3,(H,28,32). The number of imide groups is 1. The number of benzene rings is 2. The van der Waals surface area contributed by atoms with Crippen molar-refractivity contribution in [2.75, 3.05) is 6.54 Å². The second-order valence-corrected chi connectivity index (χ2v) is 10.3. The van der Waals surface area contributed by atoms with Crippen LogP contribution in [0.15, 0.2) is 48.5 Å². The Balaban J connectivity index is 1.53. The fraction of sp³-hybridized carbons (Fsp3) is 0.423. The molecule has 33 heavy (non-hydrogen) atoms. The van der Waals surface area contributed by atoms with Crippen molar-refractivity contribution < 1.29 is 19.1 Å². The predicted molar refractivity (Wildman–Crippen MR) is 127 cm³/mol. The van der Waals surface area contributed by atoms with Crippen LogP contribution in [0, 0.1) is 0 Å². The van der Waals surface area contributed by atoms with Gasteiger partial charge in [0.1, 0.15) is 5.60 Å². The van der Waals surface area contributed by atoms with Crippen LogP contribution in [-0.4, -0.2) is 41.0 Å². The molecular weight excluding hydrogens is 440 g/mol. The Kier molecular flexibility index (Phi) is 6.23. The van der Waals surface area contributed by atoms with Gasteiger partial charge >= 0.3 is 6.09 Å². The molecule has 1 fully saturated rings. The van der Waals surface area contributed by atoms with E-state index < -0.39 is 11.7 Å². The molecule has 0 spiro atoms. The molecule has 6 nitrogen and oxygen atoms in total. The average Bonchev–Trinajstić information content (AvgIpc) is 3.02. The monoisotopic (exact) mass is 468 g/mol. The summed E-state index contributed by atoms with van der Waals surface area (Å²) in [5.74, 6) is -0.439. The lowest BCUT2D eigenvalue weighted by Crippen LogP contribution is -2.49. The molecule has 0 unspecified atom stereocenters. The van der Waals surface area contributed by atoms with Gasteiger partial charge in [0.25, 0.3) is 11.8 Å². The quantitative estimate of drug-likeness (QED) is 0.614. The summed E-state index contributed by atoms with van der Waals surface area (Å²) in [4.78, 5) is 39.7. The number of nitrogens with one attached hydrogen (secondary N) is 1. The molecule has 0 aromatic heterocycles. The Hall–Kier alpha value is -2.86. The smallest absolute Gasteiger partial charge is 0.407 e. The lowest BCUT2D eigenvalue weighted by molar-refractivity contribution is 0.0480. The number of fused-ring (bicyclic) bond motifs is 1. The minimum Gasteiger partial charge on any atom is -0.444 e. The number of alkyl carbamates (subject to hydrolysis) is 1. The molecule has 3 amide bonds. The molecule has 4 rings (SSSR count). The van der Waals surface area contributed by atoms with E-state index in [1.54, 1.807) is 24.3 Å². The van der Waals surface area contributed by atoms with Crippen molar-refractivity contribution in [2.45, 2.75) is 63.5 Å². The van der Waals surface area contributed by atoms with Gasteiger partial charge in [-0.05, 0) is 76.3 Å². The first kappa shape index (κ1) is 23.3. The summed E-state index contributed by atoms with van der Waals surface area (Å²) in [6.07, 6.45) is 2.22. The van der Waals surface area contributed by atoms with Gasteiger partial charge in [0.2, 0.25) is 0 Å². The molecule has 1 aliphatic carbocycles. The molecule has 1 N–H and O–H groups in total.